The van der Waals surface area contributed by atoms with Crippen molar-refractivity contribution in [3.05, 3.63) is 35.9 Å². The van der Waals surface area contributed by atoms with Gasteiger partial charge in [0.2, 0.25) is 5.91 Å². The molecule has 1 aliphatic heterocycles. The summed E-state index contributed by atoms with van der Waals surface area (Å²) in [5, 5.41) is 1.63. The molecule has 0 saturated heterocycles. The molecule has 1 heterocycles. The van der Waals surface area contributed by atoms with Crippen molar-refractivity contribution < 1.29 is 9.53 Å². The van der Waals surface area contributed by atoms with E-state index in [0.29, 0.717) is 19.6 Å². The Morgan fingerprint density at radius 3 is 2.61 bits per heavy atom. The van der Waals surface area contributed by atoms with Gasteiger partial charge in [0.25, 0.3) is 0 Å². The molecule has 1 aromatic rings. The van der Waals surface area contributed by atoms with E-state index in [2.05, 4.69) is 5.43 Å². The molecule has 18 heavy (non-hydrogen) atoms. The van der Waals surface area contributed by atoms with Crippen LogP contribution in [0.4, 0.5) is 0 Å². The van der Waals surface area contributed by atoms with E-state index in [1.807, 2.05) is 44.2 Å². The van der Waals surface area contributed by atoms with Crippen LogP contribution in [-0.4, -0.2) is 24.1 Å². The zero-order valence-electron chi connectivity index (χ0n) is 10.8. The molecule has 1 aromatic carbocycles. The number of hydrazine groups is 1. The highest BCUT2D eigenvalue weighted by molar-refractivity contribution is 5.83. The van der Waals surface area contributed by atoms with Gasteiger partial charge in [-0.15, -0.1) is 0 Å². The SMILES string of the molecule is CCOc1ccc(C2=CCC(=O)N(CC)N2)cc1. The van der Waals surface area contributed by atoms with Crippen molar-refractivity contribution in [2.45, 2.75) is 20.3 Å². The van der Waals surface area contributed by atoms with Crippen molar-refractivity contribution in [1.29, 1.82) is 0 Å². The van der Waals surface area contributed by atoms with Crippen molar-refractivity contribution in [1.82, 2.24) is 10.4 Å². The first-order valence-corrected chi connectivity index (χ1v) is 6.25. The molecule has 0 radical (unpaired) electrons. The van der Waals surface area contributed by atoms with Gasteiger partial charge in [-0.1, -0.05) is 0 Å². The zero-order valence-corrected chi connectivity index (χ0v) is 10.8. The lowest BCUT2D eigenvalue weighted by Crippen LogP contribution is -2.43. The smallest absolute Gasteiger partial charge is 0.244 e. The van der Waals surface area contributed by atoms with Crippen molar-refractivity contribution >= 4 is 11.6 Å². The largest absolute Gasteiger partial charge is 0.494 e. The quantitative estimate of drug-likeness (QED) is 0.885. The third-order valence-corrected chi connectivity index (χ3v) is 2.83. The van der Waals surface area contributed by atoms with Crippen LogP contribution in [0.25, 0.3) is 5.70 Å². The molecule has 0 fully saturated rings. The predicted octanol–water partition coefficient (Wildman–Crippen LogP) is 2.18. The molecule has 0 saturated carbocycles. The molecule has 1 aliphatic rings. The highest BCUT2D eigenvalue weighted by atomic mass is 16.5. The first-order valence-electron chi connectivity index (χ1n) is 6.25. The second-order valence-corrected chi connectivity index (χ2v) is 4.03. The lowest BCUT2D eigenvalue weighted by atomic mass is 10.1. The summed E-state index contributed by atoms with van der Waals surface area (Å²) < 4.78 is 5.40. The molecule has 0 spiro atoms. The van der Waals surface area contributed by atoms with Gasteiger partial charge in [0.05, 0.1) is 12.3 Å². The summed E-state index contributed by atoms with van der Waals surface area (Å²) in [6.07, 6.45) is 2.37. The second-order valence-electron chi connectivity index (χ2n) is 4.03. The van der Waals surface area contributed by atoms with Gasteiger partial charge in [0, 0.05) is 13.0 Å². The number of rotatable bonds is 4. The maximum atomic E-state index is 11.5. The Balaban J connectivity index is 2.14. The Bertz CT molecular complexity index is 451. The van der Waals surface area contributed by atoms with Crippen molar-refractivity contribution in [2.75, 3.05) is 13.2 Å². The third kappa shape index (κ3) is 2.64. The summed E-state index contributed by atoms with van der Waals surface area (Å²) in [6.45, 7) is 5.24. The Morgan fingerprint density at radius 1 is 1.28 bits per heavy atom. The molecule has 0 aromatic heterocycles. The fourth-order valence-electron chi connectivity index (χ4n) is 1.89. The zero-order chi connectivity index (χ0) is 13.0. The summed E-state index contributed by atoms with van der Waals surface area (Å²) in [6, 6.07) is 7.86. The van der Waals surface area contributed by atoms with Gasteiger partial charge in [-0.25, -0.2) is 0 Å². The van der Waals surface area contributed by atoms with E-state index in [4.69, 9.17) is 4.74 Å². The Kier molecular flexibility index (Phi) is 3.87. The lowest BCUT2D eigenvalue weighted by Gasteiger charge is -2.28. The molecule has 1 amide bonds. The first-order chi connectivity index (χ1) is 8.74. The maximum Gasteiger partial charge on any atom is 0.244 e. The molecule has 0 atom stereocenters. The van der Waals surface area contributed by atoms with Crippen LogP contribution in [0.2, 0.25) is 0 Å². The molecule has 4 heteroatoms. The number of nitrogens with one attached hydrogen (secondary N) is 1. The molecule has 0 aliphatic carbocycles. The highest BCUT2D eigenvalue weighted by Crippen LogP contribution is 2.20. The van der Waals surface area contributed by atoms with Crippen LogP contribution in [0, 0.1) is 0 Å². The van der Waals surface area contributed by atoms with Gasteiger partial charge in [0.1, 0.15) is 5.75 Å². The molecular weight excluding hydrogens is 228 g/mol. The molecule has 0 unspecified atom stereocenters. The highest BCUT2D eigenvalue weighted by Gasteiger charge is 2.17. The monoisotopic (exact) mass is 246 g/mol. The predicted molar refractivity (Wildman–Crippen MR) is 70.7 cm³/mol. The van der Waals surface area contributed by atoms with E-state index >= 15 is 0 Å². The molecule has 4 nitrogen and oxygen atoms in total. The summed E-state index contributed by atoms with van der Waals surface area (Å²) in [5.74, 6) is 0.966. The molecule has 2 rings (SSSR count). The van der Waals surface area contributed by atoms with Crippen LogP contribution >= 0.6 is 0 Å². The van der Waals surface area contributed by atoms with Crippen LogP contribution in [0.3, 0.4) is 0 Å². The van der Waals surface area contributed by atoms with E-state index in [0.717, 1.165) is 17.0 Å². The fraction of sp³-hybridized carbons (Fsp3) is 0.357. The normalized spacial score (nSPS) is 15.1. The van der Waals surface area contributed by atoms with E-state index in [1.165, 1.54) is 0 Å². The minimum atomic E-state index is 0.104. The van der Waals surface area contributed by atoms with Gasteiger partial charge in [-0.3, -0.25) is 15.2 Å². The standard InChI is InChI=1S/C14H18N2O2/c1-3-16-14(17)10-9-13(15-16)11-5-7-12(8-6-11)18-4-2/h5-9,15H,3-4,10H2,1-2H3. The van der Waals surface area contributed by atoms with Crippen LogP contribution in [0.15, 0.2) is 30.3 Å². The minimum absolute atomic E-state index is 0.104. The van der Waals surface area contributed by atoms with Crippen molar-refractivity contribution in [3.8, 4) is 5.75 Å². The Morgan fingerprint density at radius 2 is 2.00 bits per heavy atom. The van der Waals surface area contributed by atoms with Gasteiger partial charge in [0.15, 0.2) is 0 Å². The number of ether oxygens (including phenoxy) is 1. The fourth-order valence-corrected chi connectivity index (χ4v) is 1.89. The summed E-state index contributed by atoms with van der Waals surface area (Å²) in [5.41, 5.74) is 5.16. The van der Waals surface area contributed by atoms with Crippen molar-refractivity contribution in [2.24, 2.45) is 0 Å². The molecular formula is C14H18N2O2. The van der Waals surface area contributed by atoms with Crippen molar-refractivity contribution in [3.63, 3.8) is 0 Å². The van der Waals surface area contributed by atoms with Crippen LogP contribution in [0.5, 0.6) is 5.75 Å². The number of benzene rings is 1. The summed E-state index contributed by atoms with van der Waals surface area (Å²) in [4.78, 5) is 11.5. The number of carbonyl (C=O) groups excluding carboxylic acids is 1. The van der Waals surface area contributed by atoms with E-state index in [1.54, 1.807) is 5.01 Å². The maximum absolute atomic E-state index is 11.5. The van der Waals surface area contributed by atoms with Gasteiger partial charge in [-0.2, -0.15) is 0 Å². The van der Waals surface area contributed by atoms with Crippen LogP contribution in [0.1, 0.15) is 25.8 Å². The van der Waals surface area contributed by atoms with Crippen LogP contribution < -0.4 is 10.2 Å². The minimum Gasteiger partial charge on any atom is -0.494 e. The second kappa shape index (κ2) is 5.58. The average Bonchev–Trinajstić information content (AvgIpc) is 2.41. The van der Waals surface area contributed by atoms with Gasteiger partial charge >= 0.3 is 0 Å². The summed E-state index contributed by atoms with van der Waals surface area (Å²) in [7, 11) is 0. The topological polar surface area (TPSA) is 41.6 Å². The first kappa shape index (κ1) is 12.5. The van der Waals surface area contributed by atoms with Crippen LogP contribution in [-0.2, 0) is 4.79 Å². The Labute approximate surface area is 107 Å². The average molecular weight is 246 g/mol. The number of amides is 1. The van der Waals surface area contributed by atoms with Gasteiger partial charge in [-0.05, 0) is 49.8 Å². The molecule has 96 valence electrons. The third-order valence-electron chi connectivity index (χ3n) is 2.83. The number of carbonyl (C=O) groups is 1. The molecule has 1 N–H and O–H groups in total. The van der Waals surface area contributed by atoms with E-state index in [9.17, 15) is 4.79 Å². The summed E-state index contributed by atoms with van der Waals surface area (Å²) >= 11 is 0. The van der Waals surface area contributed by atoms with E-state index in [-0.39, 0.29) is 5.91 Å². The van der Waals surface area contributed by atoms with Gasteiger partial charge < -0.3 is 4.74 Å². The number of nitrogens with zero attached hydrogens (tertiary/aromatic N) is 1. The molecule has 0 bridgehead atoms. The Hall–Kier alpha value is -1.97. The number of hydrogen-bond donors (Lipinski definition) is 1. The van der Waals surface area contributed by atoms with E-state index < -0.39 is 0 Å². The number of hydrogen-bond acceptors (Lipinski definition) is 3. The lowest BCUT2D eigenvalue weighted by molar-refractivity contribution is -0.132.